The number of carbonyl (C=O) groups excluding carboxylic acids is 1. The van der Waals surface area contributed by atoms with E-state index in [4.69, 9.17) is 9.15 Å². The number of rotatable bonds is 8. The molecule has 0 bridgehead atoms. The fraction of sp³-hybridized carbons (Fsp3) is 0.333. The Kier molecular flexibility index (Phi) is 7.07. The van der Waals surface area contributed by atoms with E-state index in [-0.39, 0.29) is 18.1 Å². The Morgan fingerprint density at radius 3 is 2.74 bits per heavy atom. The lowest BCUT2D eigenvalue weighted by molar-refractivity contribution is -0.121. The van der Waals surface area contributed by atoms with Gasteiger partial charge in [0.25, 0.3) is 0 Å². The number of morpholine rings is 1. The number of nitrogens with zero attached hydrogens (tertiary/aromatic N) is 2. The zero-order valence-corrected chi connectivity index (χ0v) is 17.4. The highest BCUT2D eigenvalue weighted by molar-refractivity contribution is 5.76. The molecule has 7 heteroatoms. The van der Waals surface area contributed by atoms with Crippen LogP contribution in [0.1, 0.15) is 23.4 Å². The van der Waals surface area contributed by atoms with E-state index in [0.29, 0.717) is 30.2 Å². The number of ether oxygens (including phenoxy) is 1. The van der Waals surface area contributed by atoms with Crippen LogP contribution in [0.15, 0.2) is 59.1 Å². The van der Waals surface area contributed by atoms with Gasteiger partial charge < -0.3 is 14.5 Å². The zero-order chi connectivity index (χ0) is 21.5. The van der Waals surface area contributed by atoms with Gasteiger partial charge in [0.2, 0.25) is 5.91 Å². The first-order chi connectivity index (χ1) is 15.2. The molecule has 1 N–H and O–H groups in total. The number of aryl methyl sites for hydroxylation is 1. The number of amides is 1. The summed E-state index contributed by atoms with van der Waals surface area (Å²) < 4.78 is 24.9. The molecule has 1 saturated heterocycles. The van der Waals surface area contributed by atoms with Crippen LogP contribution in [0.5, 0.6) is 0 Å². The molecule has 0 spiro atoms. The molecular weight excluding hydrogens is 397 g/mol. The molecule has 31 heavy (non-hydrogen) atoms. The van der Waals surface area contributed by atoms with E-state index >= 15 is 0 Å². The molecule has 0 atom stereocenters. The summed E-state index contributed by atoms with van der Waals surface area (Å²) in [4.78, 5) is 18.8. The van der Waals surface area contributed by atoms with E-state index in [1.54, 1.807) is 18.2 Å². The highest BCUT2D eigenvalue weighted by Gasteiger charge is 2.13. The first-order valence-electron chi connectivity index (χ1n) is 10.5. The first kappa shape index (κ1) is 21.2. The lowest BCUT2D eigenvalue weighted by Crippen LogP contribution is -2.35. The number of hydrogen-bond donors (Lipinski definition) is 1. The van der Waals surface area contributed by atoms with Crippen molar-refractivity contribution < 1.29 is 18.3 Å². The smallest absolute Gasteiger partial charge is 0.220 e. The second kappa shape index (κ2) is 10.3. The number of benzene rings is 2. The number of aromatic nitrogens is 1. The number of nitrogens with one attached hydrogen (secondary N) is 1. The van der Waals surface area contributed by atoms with E-state index in [1.807, 2.05) is 12.1 Å². The molecule has 162 valence electrons. The van der Waals surface area contributed by atoms with Gasteiger partial charge in [-0.25, -0.2) is 9.37 Å². The average molecular weight is 423 g/mol. The summed E-state index contributed by atoms with van der Waals surface area (Å²) in [5.41, 5.74) is 2.66. The molecule has 1 aliphatic rings. The van der Waals surface area contributed by atoms with Crippen LogP contribution in [-0.4, -0.2) is 42.1 Å². The van der Waals surface area contributed by atoms with E-state index in [0.717, 1.165) is 38.4 Å². The molecule has 4 rings (SSSR count). The van der Waals surface area contributed by atoms with Gasteiger partial charge in [-0.15, -0.1) is 0 Å². The molecule has 0 saturated carbocycles. The van der Waals surface area contributed by atoms with Gasteiger partial charge in [0.1, 0.15) is 5.82 Å². The van der Waals surface area contributed by atoms with Gasteiger partial charge in [0, 0.05) is 39.0 Å². The second-order valence-electron chi connectivity index (χ2n) is 7.58. The van der Waals surface area contributed by atoms with Crippen molar-refractivity contribution in [2.24, 2.45) is 0 Å². The van der Waals surface area contributed by atoms with Gasteiger partial charge in [-0.05, 0) is 23.3 Å². The SMILES string of the molecule is O=C(CCc1ncc(-c2ccccc2F)o1)NCc1cccc(CN2CCOCC2)c1. The van der Waals surface area contributed by atoms with Crippen LogP contribution < -0.4 is 5.32 Å². The average Bonchev–Trinajstić information content (AvgIpc) is 3.26. The lowest BCUT2D eigenvalue weighted by Gasteiger charge is -2.26. The van der Waals surface area contributed by atoms with E-state index in [1.165, 1.54) is 17.8 Å². The molecule has 6 nitrogen and oxygen atoms in total. The molecule has 1 amide bonds. The molecule has 0 aliphatic carbocycles. The standard InChI is InChI=1S/C24H26FN3O3/c25-21-7-2-1-6-20(21)22-16-27-24(31-22)9-8-23(29)26-15-18-4-3-5-19(14-18)17-28-10-12-30-13-11-28/h1-7,14,16H,8-13,15,17H2,(H,26,29). The fourth-order valence-electron chi connectivity index (χ4n) is 3.58. The summed E-state index contributed by atoms with van der Waals surface area (Å²) in [5.74, 6) is 0.342. The maximum atomic E-state index is 13.9. The Morgan fingerprint density at radius 2 is 1.90 bits per heavy atom. The van der Waals surface area contributed by atoms with Crippen molar-refractivity contribution >= 4 is 5.91 Å². The summed E-state index contributed by atoms with van der Waals surface area (Å²) in [6.45, 7) is 4.81. The largest absolute Gasteiger partial charge is 0.441 e. The molecule has 1 fully saturated rings. The molecule has 2 aromatic carbocycles. The highest BCUT2D eigenvalue weighted by Crippen LogP contribution is 2.23. The van der Waals surface area contributed by atoms with Crippen LogP contribution in [0.25, 0.3) is 11.3 Å². The molecule has 2 heterocycles. The summed E-state index contributed by atoms with van der Waals surface area (Å²) in [6.07, 6.45) is 2.10. The van der Waals surface area contributed by atoms with Gasteiger partial charge in [-0.2, -0.15) is 0 Å². The minimum atomic E-state index is -0.362. The first-order valence-corrected chi connectivity index (χ1v) is 10.5. The highest BCUT2D eigenvalue weighted by atomic mass is 19.1. The van der Waals surface area contributed by atoms with Gasteiger partial charge >= 0.3 is 0 Å². The quantitative estimate of drug-likeness (QED) is 0.600. The molecular formula is C24H26FN3O3. The van der Waals surface area contributed by atoms with Crippen molar-refractivity contribution in [2.45, 2.75) is 25.9 Å². The normalized spacial score (nSPS) is 14.5. The Balaban J connectivity index is 1.24. The lowest BCUT2D eigenvalue weighted by atomic mass is 10.1. The van der Waals surface area contributed by atoms with E-state index < -0.39 is 0 Å². The second-order valence-corrected chi connectivity index (χ2v) is 7.58. The Morgan fingerprint density at radius 1 is 1.10 bits per heavy atom. The number of hydrogen-bond acceptors (Lipinski definition) is 5. The summed E-state index contributed by atoms with van der Waals surface area (Å²) >= 11 is 0. The minimum absolute atomic E-state index is 0.0794. The van der Waals surface area contributed by atoms with Gasteiger partial charge in [-0.3, -0.25) is 9.69 Å². The molecule has 3 aromatic rings. The van der Waals surface area contributed by atoms with Gasteiger partial charge in [0.15, 0.2) is 11.7 Å². The van der Waals surface area contributed by atoms with Gasteiger partial charge in [-0.1, -0.05) is 36.4 Å². The number of halogens is 1. The molecule has 0 unspecified atom stereocenters. The van der Waals surface area contributed by atoms with Crippen molar-refractivity contribution in [1.29, 1.82) is 0 Å². The van der Waals surface area contributed by atoms with Crippen molar-refractivity contribution in [3.63, 3.8) is 0 Å². The monoisotopic (exact) mass is 423 g/mol. The third-order valence-electron chi connectivity index (χ3n) is 5.25. The van der Waals surface area contributed by atoms with Crippen LogP contribution in [0, 0.1) is 5.82 Å². The van der Waals surface area contributed by atoms with Crippen LogP contribution in [0.4, 0.5) is 4.39 Å². The maximum absolute atomic E-state index is 13.9. The third-order valence-corrected chi connectivity index (χ3v) is 5.25. The predicted molar refractivity (Wildman–Crippen MR) is 115 cm³/mol. The Labute approximate surface area is 181 Å². The van der Waals surface area contributed by atoms with Crippen LogP contribution in [0.2, 0.25) is 0 Å². The molecule has 0 radical (unpaired) electrons. The third kappa shape index (κ3) is 5.99. The predicted octanol–water partition coefficient (Wildman–Crippen LogP) is 3.56. The Bertz CT molecular complexity index is 1010. The number of carbonyl (C=O) groups is 1. The summed E-state index contributed by atoms with van der Waals surface area (Å²) in [6, 6.07) is 14.6. The van der Waals surface area contributed by atoms with E-state index in [2.05, 4.69) is 27.3 Å². The summed E-state index contributed by atoms with van der Waals surface area (Å²) in [7, 11) is 0. The van der Waals surface area contributed by atoms with Crippen molar-refractivity contribution in [3.8, 4) is 11.3 Å². The zero-order valence-electron chi connectivity index (χ0n) is 17.4. The summed E-state index contributed by atoms with van der Waals surface area (Å²) in [5, 5.41) is 2.95. The van der Waals surface area contributed by atoms with Crippen molar-refractivity contribution in [3.05, 3.63) is 77.6 Å². The molecule has 1 aliphatic heterocycles. The topological polar surface area (TPSA) is 67.6 Å². The fourth-order valence-corrected chi connectivity index (χ4v) is 3.58. The van der Waals surface area contributed by atoms with Gasteiger partial charge in [0.05, 0.1) is 25.0 Å². The van der Waals surface area contributed by atoms with Crippen LogP contribution >= 0.6 is 0 Å². The van der Waals surface area contributed by atoms with Crippen molar-refractivity contribution in [2.75, 3.05) is 26.3 Å². The number of oxazole rings is 1. The molecule has 1 aromatic heterocycles. The van der Waals surface area contributed by atoms with Crippen molar-refractivity contribution in [1.82, 2.24) is 15.2 Å². The Hall–Kier alpha value is -3.03. The van der Waals surface area contributed by atoms with Crippen LogP contribution in [-0.2, 0) is 29.0 Å². The van der Waals surface area contributed by atoms with Crippen LogP contribution in [0.3, 0.4) is 0 Å². The minimum Gasteiger partial charge on any atom is -0.441 e. The maximum Gasteiger partial charge on any atom is 0.220 e. The van der Waals surface area contributed by atoms with E-state index in [9.17, 15) is 9.18 Å².